The van der Waals surface area contributed by atoms with Gasteiger partial charge in [0.1, 0.15) is 0 Å². The normalized spacial score (nSPS) is 15.7. The van der Waals surface area contributed by atoms with Gasteiger partial charge < -0.3 is 5.32 Å². The summed E-state index contributed by atoms with van der Waals surface area (Å²) in [6, 6.07) is 9.86. The van der Waals surface area contributed by atoms with Gasteiger partial charge in [0.15, 0.2) is 11.4 Å². The molecule has 132 valence electrons. The number of rotatable bonds is 3. The highest BCUT2D eigenvalue weighted by Gasteiger charge is 2.33. The van der Waals surface area contributed by atoms with Crippen molar-refractivity contribution in [1.82, 2.24) is 15.0 Å². The number of carbonyl (C=O) groups excluding carboxylic acids is 1. The quantitative estimate of drug-likeness (QED) is 0.759. The number of carbonyl (C=O) groups is 1. The zero-order valence-electron chi connectivity index (χ0n) is 14.8. The Morgan fingerprint density at radius 1 is 1.15 bits per heavy atom. The summed E-state index contributed by atoms with van der Waals surface area (Å²) in [7, 11) is 0. The van der Waals surface area contributed by atoms with Crippen LogP contribution in [0.5, 0.6) is 0 Å². The second-order valence-corrected chi connectivity index (χ2v) is 7.54. The third-order valence-corrected chi connectivity index (χ3v) is 4.74. The van der Waals surface area contributed by atoms with Gasteiger partial charge in [0.25, 0.3) is 5.56 Å². The number of aromatic nitrogens is 3. The van der Waals surface area contributed by atoms with Crippen molar-refractivity contribution >= 4 is 22.8 Å². The van der Waals surface area contributed by atoms with Crippen molar-refractivity contribution in [3.05, 3.63) is 63.6 Å². The van der Waals surface area contributed by atoms with E-state index in [0.717, 1.165) is 11.1 Å². The Bertz CT molecular complexity index is 1050. The Balaban J connectivity index is 1.74. The van der Waals surface area contributed by atoms with E-state index >= 15 is 0 Å². The monoisotopic (exact) mass is 348 g/mol. The molecule has 3 aromatic rings. The van der Waals surface area contributed by atoms with Gasteiger partial charge in [0, 0.05) is 24.7 Å². The van der Waals surface area contributed by atoms with Crippen molar-refractivity contribution in [1.29, 1.82) is 0 Å². The molecule has 0 spiro atoms. The first-order valence-electron chi connectivity index (χ1n) is 8.66. The predicted molar refractivity (Wildman–Crippen MR) is 100 cm³/mol. The highest BCUT2D eigenvalue weighted by molar-refractivity contribution is 6.02. The SMILES string of the molecule is CC1(C)CC(=O)c2cnc3nc(NCc4ccccc4)[nH]c(=O)c3c2C1. The molecular formula is C20H20N4O2. The topological polar surface area (TPSA) is 87.7 Å². The summed E-state index contributed by atoms with van der Waals surface area (Å²) in [6.45, 7) is 4.63. The average molecular weight is 348 g/mol. The molecule has 2 N–H and O–H groups in total. The number of nitrogens with zero attached hydrogens (tertiary/aromatic N) is 2. The van der Waals surface area contributed by atoms with Gasteiger partial charge in [-0.1, -0.05) is 44.2 Å². The highest BCUT2D eigenvalue weighted by Crippen LogP contribution is 2.36. The number of H-pyrrole nitrogens is 1. The fourth-order valence-corrected chi connectivity index (χ4v) is 3.53. The van der Waals surface area contributed by atoms with Crippen LogP contribution in [0.2, 0.25) is 0 Å². The molecule has 2 aromatic heterocycles. The van der Waals surface area contributed by atoms with Gasteiger partial charge in [-0.25, -0.2) is 4.98 Å². The van der Waals surface area contributed by atoms with Crippen LogP contribution < -0.4 is 10.9 Å². The van der Waals surface area contributed by atoms with Gasteiger partial charge in [-0.2, -0.15) is 4.98 Å². The Kier molecular flexibility index (Phi) is 3.83. The molecule has 0 fully saturated rings. The van der Waals surface area contributed by atoms with Crippen LogP contribution in [0.3, 0.4) is 0 Å². The average Bonchev–Trinajstić information content (AvgIpc) is 2.59. The lowest BCUT2D eigenvalue weighted by atomic mass is 9.73. The number of pyridine rings is 1. The lowest BCUT2D eigenvalue weighted by molar-refractivity contribution is 0.0912. The molecule has 0 atom stereocenters. The molecule has 0 radical (unpaired) electrons. The van der Waals surface area contributed by atoms with Crippen LogP contribution >= 0.6 is 0 Å². The van der Waals surface area contributed by atoms with Crippen LogP contribution in [0.4, 0.5) is 5.95 Å². The van der Waals surface area contributed by atoms with Crippen LogP contribution in [-0.2, 0) is 13.0 Å². The minimum absolute atomic E-state index is 0.0383. The number of benzene rings is 1. The third-order valence-electron chi connectivity index (χ3n) is 4.74. The maximum atomic E-state index is 12.7. The molecule has 2 heterocycles. The van der Waals surface area contributed by atoms with Crippen molar-refractivity contribution in [2.24, 2.45) is 5.41 Å². The molecule has 1 aromatic carbocycles. The molecule has 0 unspecified atom stereocenters. The van der Waals surface area contributed by atoms with Crippen molar-refractivity contribution in [3.63, 3.8) is 0 Å². The number of Topliss-reactive ketones (excluding diaryl/α,β-unsaturated/α-hetero) is 1. The van der Waals surface area contributed by atoms with Crippen LogP contribution in [0, 0.1) is 5.41 Å². The minimum Gasteiger partial charge on any atom is -0.352 e. The summed E-state index contributed by atoms with van der Waals surface area (Å²) in [4.78, 5) is 36.6. The zero-order valence-corrected chi connectivity index (χ0v) is 14.8. The molecule has 0 bridgehead atoms. The van der Waals surface area contributed by atoms with Crippen molar-refractivity contribution < 1.29 is 4.79 Å². The Morgan fingerprint density at radius 2 is 1.92 bits per heavy atom. The lowest BCUT2D eigenvalue weighted by Crippen LogP contribution is -2.29. The van der Waals surface area contributed by atoms with Crippen molar-refractivity contribution in [2.45, 2.75) is 33.2 Å². The number of nitrogens with one attached hydrogen (secondary N) is 2. The molecule has 0 amide bonds. The van der Waals surface area contributed by atoms with E-state index in [-0.39, 0.29) is 16.8 Å². The molecule has 1 aliphatic carbocycles. The smallest absolute Gasteiger partial charge is 0.262 e. The molecule has 26 heavy (non-hydrogen) atoms. The molecule has 6 nitrogen and oxygen atoms in total. The summed E-state index contributed by atoms with van der Waals surface area (Å²) in [5.41, 5.74) is 2.33. The first-order valence-corrected chi connectivity index (χ1v) is 8.66. The third kappa shape index (κ3) is 2.98. The standard InChI is InChI=1S/C20H20N4O2/c1-20(2)8-13-14(15(25)9-20)11-21-17-16(13)18(26)24-19(23-17)22-10-12-6-4-3-5-7-12/h3-7,11H,8-10H2,1-2H3,(H2,21,22,23,24,26). The van der Waals surface area contributed by atoms with Gasteiger partial charge in [-0.05, 0) is 23.0 Å². The Morgan fingerprint density at radius 3 is 2.69 bits per heavy atom. The van der Waals surface area contributed by atoms with Crippen molar-refractivity contribution in [2.75, 3.05) is 5.32 Å². The molecule has 0 saturated heterocycles. The fraction of sp³-hybridized carbons (Fsp3) is 0.300. The molecule has 0 saturated carbocycles. The lowest BCUT2D eigenvalue weighted by Gasteiger charge is -2.30. The Labute approximate surface area is 150 Å². The second-order valence-electron chi connectivity index (χ2n) is 7.54. The molecule has 4 rings (SSSR count). The number of aromatic amines is 1. The number of anilines is 1. The minimum atomic E-state index is -0.264. The van der Waals surface area contributed by atoms with E-state index in [2.05, 4.69) is 20.3 Å². The van der Waals surface area contributed by atoms with E-state index in [4.69, 9.17) is 0 Å². The maximum absolute atomic E-state index is 12.7. The maximum Gasteiger partial charge on any atom is 0.262 e. The summed E-state index contributed by atoms with van der Waals surface area (Å²) < 4.78 is 0. The van der Waals surface area contributed by atoms with Gasteiger partial charge in [0.2, 0.25) is 5.95 Å². The second kappa shape index (κ2) is 6.05. The summed E-state index contributed by atoms with van der Waals surface area (Å²) in [6.07, 6.45) is 2.69. The fourth-order valence-electron chi connectivity index (χ4n) is 3.53. The van der Waals surface area contributed by atoms with E-state index < -0.39 is 0 Å². The highest BCUT2D eigenvalue weighted by atomic mass is 16.1. The van der Waals surface area contributed by atoms with Crippen LogP contribution in [-0.4, -0.2) is 20.7 Å². The van der Waals surface area contributed by atoms with E-state index in [1.807, 2.05) is 44.2 Å². The number of ketones is 1. The number of fused-ring (bicyclic) bond motifs is 3. The van der Waals surface area contributed by atoms with Crippen molar-refractivity contribution in [3.8, 4) is 0 Å². The largest absolute Gasteiger partial charge is 0.352 e. The van der Waals surface area contributed by atoms with Gasteiger partial charge in [-0.3, -0.25) is 14.6 Å². The number of hydrogen-bond acceptors (Lipinski definition) is 5. The van der Waals surface area contributed by atoms with Gasteiger partial charge in [0.05, 0.1) is 5.39 Å². The summed E-state index contributed by atoms with van der Waals surface area (Å²) in [5, 5.41) is 3.55. The van der Waals surface area contributed by atoms with Gasteiger partial charge in [-0.15, -0.1) is 0 Å². The number of hydrogen-bond donors (Lipinski definition) is 2. The van der Waals surface area contributed by atoms with E-state index in [1.54, 1.807) is 6.20 Å². The first kappa shape index (κ1) is 16.4. The molecule has 0 aliphatic heterocycles. The van der Waals surface area contributed by atoms with E-state index in [9.17, 15) is 9.59 Å². The Hall–Kier alpha value is -3.02. The summed E-state index contributed by atoms with van der Waals surface area (Å²) in [5.74, 6) is 0.413. The van der Waals surface area contributed by atoms with E-state index in [0.29, 0.717) is 41.9 Å². The first-order chi connectivity index (χ1) is 12.4. The molecule has 1 aliphatic rings. The zero-order chi connectivity index (χ0) is 18.3. The molecular weight excluding hydrogens is 328 g/mol. The molecule has 6 heteroatoms. The van der Waals surface area contributed by atoms with Crippen LogP contribution in [0.1, 0.15) is 41.8 Å². The summed E-state index contributed by atoms with van der Waals surface area (Å²) >= 11 is 0. The van der Waals surface area contributed by atoms with E-state index in [1.165, 1.54) is 0 Å². The predicted octanol–water partition coefficient (Wildman–Crippen LogP) is 3.09. The van der Waals surface area contributed by atoms with Crippen LogP contribution in [0.15, 0.2) is 41.3 Å². The van der Waals surface area contributed by atoms with Gasteiger partial charge >= 0.3 is 0 Å². The van der Waals surface area contributed by atoms with Crippen LogP contribution in [0.25, 0.3) is 11.0 Å².